The van der Waals surface area contributed by atoms with Crippen LogP contribution in [-0.2, 0) is 11.8 Å². The van der Waals surface area contributed by atoms with Gasteiger partial charge in [0.1, 0.15) is 17.3 Å². The van der Waals surface area contributed by atoms with Gasteiger partial charge in [-0.05, 0) is 38.8 Å². The number of aromatic nitrogens is 6. The summed E-state index contributed by atoms with van der Waals surface area (Å²) in [4.78, 5) is 12.1. The maximum atomic E-state index is 6.23. The van der Waals surface area contributed by atoms with Gasteiger partial charge in [-0.15, -0.1) is 0 Å². The average molecular weight is 532 g/mol. The van der Waals surface area contributed by atoms with Crippen LogP contribution in [0.15, 0.2) is 30.6 Å². The summed E-state index contributed by atoms with van der Waals surface area (Å²) in [6, 6.07) is 6.61. The molecule has 1 aliphatic heterocycles. The molecule has 1 saturated carbocycles. The van der Waals surface area contributed by atoms with Crippen molar-refractivity contribution in [3.05, 3.63) is 30.6 Å². The molecule has 206 valence electrons. The molecule has 2 fully saturated rings. The number of anilines is 4. The predicted molar refractivity (Wildman–Crippen MR) is 153 cm³/mol. The largest absolute Gasteiger partial charge is 0.489 e. The molecule has 11 heteroatoms. The molecule has 3 N–H and O–H groups in total. The molecular weight excluding hydrogens is 494 g/mol. The average Bonchev–Trinajstić information content (AvgIpc) is 3.56. The number of H-pyrrole nitrogens is 1. The van der Waals surface area contributed by atoms with Crippen LogP contribution in [0.1, 0.15) is 46.0 Å². The van der Waals surface area contributed by atoms with Crippen LogP contribution >= 0.6 is 0 Å². The van der Waals surface area contributed by atoms with E-state index in [9.17, 15) is 0 Å². The number of hydrogen-bond acceptors (Lipinski definition) is 9. The third-order valence-corrected chi connectivity index (χ3v) is 7.29. The van der Waals surface area contributed by atoms with Gasteiger partial charge in [0, 0.05) is 49.7 Å². The van der Waals surface area contributed by atoms with E-state index in [4.69, 9.17) is 19.4 Å². The van der Waals surface area contributed by atoms with Crippen molar-refractivity contribution in [2.24, 2.45) is 7.05 Å². The minimum Gasteiger partial charge on any atom is -0.489 e. The lowest BCUT2D eigenvalue weighted by Gasteiger charge is -2.29. The van der Waals surface area contributed by atoms with Crippen molar-refractivity contribution in [3.8, 4) is 17.0 Å². The first-order valence-corrected chi connectivity index (χ1v) is 14.0. The Morgan fingerprint density at radius 2 is 1.92 bits per heavy atom. The topological polar surface area (TPSA) is 118 Å². The van der Waals surface area contributed by atoms with Crippen molar-refractivity contribution >= 4 is 34.2 Å². The van der Waals surface area contributed by atoms with E-state index in [1.165, 1.54) is 19.3 Å². The monoisotopic (exact) mass is 531 g/mol. The summed E-state index contributed by atoms with van der Waals surface area (Å²) in [6.07, 6.45) is 9.79. The molecule has 1 aliphatic carbocycles. The highest BCUT2D eigenvalue weighted by Gasteiger charge is 2.22. The van der Waals surface area contributed by atoms with E-state index < -0.39 is 0 Å². The van der Waals surface area contributed by atoms with Gasteiger partial charge in [0.25, 0.3) is 0 Å². The van der Waals surface area contributed by atoms with Crippen molar-refractivity contribution in [3.63, 3.8) is 0 Å². The van der Waals surface area contributed by atoms with Crippen LogP contribution in [0.4, 0.5) is 23.1 Å². The molecular formula is C28H37N9O2. The Balaban J connectivity index is 1.36. The van der Waals surface area contributed by atoms with Crippen molar-refractivity contribution in [1.29, 1.82) is 0 Å². The van der Waals surface area contributed by atoms with Gasteiger partial charge >= 0.3 is 0 Å². The predicted octanol–water partition coefficient (Wildman–Crippen LogP) is 4.87. The standard InChI is InChI=1S/C28H37N9O2/c1-18(2)39-23-15-21(37-11-13-38-14-12-37)9-10-22(23)31-28-32-26(30-20-7-5-4-6-8-20)24-25(34-35-27(24)33-28)19-16-29-36(3)17-19/h9-10,15-18,20H,4-8,11-14H2,1-3H3,(H3,30,31,32,33,34,35). The molecule has 2 aliphatic rings. The second-order valence-corrected chi connectivity index (χ2v) is 10.6. The van der Waals surface area contributed by atoms with E-state index in [-0.39, 0.29) is 6.10 Å². The minimum absolute atomic E-state index is 0.0204. The van der Waals surface area contributed by atoms with Crippen LogP contribution in [0.25, 0.3) is 22.3 Å². The highest BCUT2D eigenvalue weighted by atomic mass is 16.5. The van der Waals surface area contributed by atoms with Crippen LogP contribution in [0.3, 0.4) is 0 Å². The summed E-state index contributed by atoms with van der Waals surface area (Å²) in [7, 11) is 1.90. The maximum Gasteiger partial charge on any atom is 0.231 e. The highest BCUT2D eigenvalue weighted by molar-refractivity contribution is 5.99. The molecule has 0 bridgehead atoms. The summed E-state index contributed by atoms with van der Waals surface area (Å²) < 4.78 is 13.5. The number of nitrogens with zero attached hydrogens (tertiary/aromatic N) is 6. The van der Waals surface area contributed by atoms with Gasteiger partial charge in [0.2, 0.25) is 5.95 Å². The second-order valence-electron chi connectivity index (χ2n) is 10.6. The molecule has 0 spiro atoms. The smallest absolute Gasteiger partial charge is 0.231 e. The fraction of sp³-hybridized carbons (Fsp3) is 0.500. The quantitative estimate of drug-likeness (QED) is 0.293. The van der Waals surface area contributed by atoms with Crippen LogP contribution in [-0.4, -0.2) is 68.4 Å². The molecule has 1 saturated heterocycles. The Hall–Kier alpha value is -3.86. The van der Waals surface area contributed by atoms with Crippen molar-refractivity contribution in [2.75, 3.05) is 41.8 Å². The number of ether oxygens (including phenoxy) is 2. The zero-order valence-electron chi connectivity index (χ0n) is 22.9. The van der Waals surface area contributed by atoms with Gasteiger partial charge in [-0.3, -0.25) is 9.78 Å². The van der Waals surface area contributed by atoms with Gasteiger partial charge in [0.05, 0.1) is 36.6 Å². The molecule has 39 heavy (non-hydrogen) atoms. The van der Waals surface area contributed by atoms with Crippen molar-refractivity contribution < 1.29 is 9.47 Å². The van der Waals surface area contributed by atoms with Gasteiger partial charge in [-0.2, -0.15) is 20.2 Å². The molecule has 4 aromatic rings. The van der Waals surface area contributed by atoms with E-state index >= 15 is 0 Å². The normalized spacial score (nSPS) is 16.7. The van der Waals surface area contributed by atoms with Gasteiger partial charge in [-0.1, -0.05) is 19.3 Å². The molecule has 1 aromatic carbocycles. The van der Waals surface area contributed by atoms with Crippen LogP contribution < -0.4 is 20.3 Å². The third-order valence-electron chi connectivity index (χ3n) is 7.29. The zero-order valence-corrected chi connectivity index (χ0v) is 22.9. The number of hydrogen-bond donors (Lipinski definition) is 3. The Labute approximate surface area is 228 Å². The lowest BCUT2D eigenvalue weighted by atomic mass is 9.95. The zero-order chi connectivity index (χ0) is 26.8. The van der Waals surface area contributed by atoms with E-state index in [0.29, 0.717) is 17.6 Å². The fourth-order valence-corrected chi connectivity index (χ4v) is 5.39. The Kier molecular flexibility index (Phi) is 7.23. The summed E-state index contributed by atoms with van der Waals surface area (Å²) in [6.45, 7) is 7.26. The summed E-state index contributed by atoms with van der Waals surface area (Å²) >= 11 is 0. The fourth-order valence-electron chi connectivity index (χ4n) is 5.39. The summed E-state index contributed by atoms with van der Waals surface area (Å²) in [5, 5.41) is 20.1. The van der Waals surface area contributed by atoms with E-state index in [0.717, 1.165) is 78.7 Å². The minimum atomic E-state index is 0.0204. The summed E-state index contributed by atoms with van der Waals surface area (Å²) in [5.74, 6) is 2.02. The second kappa shape index (κ2) is 11.1. The first-order valence-electron chi connectivity index (χ1n) is 14.0. The molecule has 0 radical (unpaired) electrons. The lowest BCUT2D eigenvalue weighted by Crippen LogP contribution is -2.36. The first-order chi connectivity index (χ1) is 19.0. The van der Waals surface area contributed by atoms with Crippen LogP contribution in [0, 0.1) is 0 Å². The molecule has 11 nitrogen and oxygen atoms in total. The van der Waals surface area contributed by atoms with Gasteiger partial charge in [-0.25, -0.2) is 0 Å². The molecule has 0 atom stereocenters. The number of fused-ring (bicyclic) bond motifs is 1. The van der Waals surface area contributed by atoms with E-state index in [1.54, 1.807) is 4.68 Å². The first kappa shape index (κ1) is 25.4. The maximum absolute atomic E-state index is 6.23. The van der Waals surface area contributed by atoms with Gasteiger partial charge in [0.15, 0.2) is 5.65 Å². The number of aryl methyl sites for hydroxylation is 1. The Bertz CT molecular complexity index is 1420. The molecule has 0 unspecified atom stereocenters. The van der Waals surface area contributed by atoms with E-state index in [2.05, 4.69) is 43.0 Å². The lowest BCUT2D eigenvalue weighted by molar-refractivity contribution is 0.122. The van der Waals surface area contributed by atoms with Gasteiger partial charge < -0.3 is 25.0 Å². The molecule has 0 amide bonds. The molecule has 4 heterocycles. The number of aromatic amines is 1. The number of nitrogens with one attached hydrogen (secondary N) is 3. The van der Waals surface area contributed by atoms with Crippen molar-refractivity contribution in [1.82, 2.24) is 29.9 Å². The number of rotatable bonds is 8. The van der Waals surface area contributed by atoms with Crippen LogP contribution in [0.2, 0.25) is 0 Å². The Morgan fingerprint density at radius 3 is 2.67 bits per heavy atom. The highest BCUT2D eigenvalue weighted by Crippen LogP contribution is 2.36. The molecule has 3 aromatic heterocycles. The van der Waals surface area contributed by atoms with Crippen molar-refractivity contribution in [2.45, 2.75) is 58.1 Å². The van der Waals surface area contributed by atoms with Crippen LogP contribution in [0.5, 0.6) is 5.75 Å². The SMILES string of the molecule is CC(C)Oc1cc(N2CCOCC2)ccc1Nc1nc(NC2CCCCC2)c2c(-c3cnn(C)c3)n[nH]c2n1. The number of morpholine rings is 1. The Morgan fingerprint density at radius 1 is 1.10 bits per heavy atom. The summed E-state index contributed by atoms with van der Waals surface area (Å²) in [5.41, 5.74) is 4.31. The van der Waals surface area contributed by atoms with E-state index in [1.807, 2.05) is 39.4 Å². The third kappa shape index (κ3) is 5.63. The number of benzene rings is 1. The molecule has 6 rings (SSSR count).